The summed E-state index contributed by atoms with van der Waals surface area (Å²) < 4.78 is -2.01. The highest BCUT2D eigenvalue weighted by molar-refractivity contribution is 6.77. The normalized spacial score (nSPS) is 11.1. The molecule has 0 saturated carbocycles. The van der Waals surface area contributed by atoms with Crippen LogP contribution >= 0.6 is 34.8 Å². The lowest BCUT2D eigenvalue weighted by Gasteiger charge is -2.26. The molecule has 98 valence electrons. The molecule has 0 heterocycles. The van der Waals surface area contributed by atoms with Crippen molar-refractivity contribution in [1.82, 2.24) is 0 Å². The summed E-state index contributed by atoms with van der Waals surface area (Å²) >= 11 is 17.2. The van der Waals surface area contributed by atoms with Crippen molar-refractivity contribution < 1.29 is 4.79 Å². The lowest BCUT2D eigenvalue weighted by molar-refractivity contribution is -0.117. The molecule has 2 aromatic rings. The molecule has 0 unspecified atom stereocenters. The van der Waals surface area contributed by atoms with E-state index in [9.17, 15) is 4.79 Å². The summed E-state index contributed by atoms with van der Waals surface area (Å²) in [6, 6.07) is 18.1. The average Bonchev–Trinajstić information content (AvgIpc) is 2.40. The predicted octanol–water partition coefficient (Wildman–Crippen LogP) is 4.72. The third kappa shape index (κ3) is 3.41. The molecular weight excluding hydrogens is 305 g/mol. The van der Waals surface area contributed by atoms with E-state index in [-0.39, 0.29) is 0 Å². The van der Waals surface area contributed by atoms with Crippen molar-refractivity contribution >= 4 is 52.1 Å². The molecular formula is C14H10Cl3NO. The van der Waals surface area contributed by atoms with E-state index in [0.717, 1.165) is 0 Å². The molecule has 1 amide bonds. The summed E-state index contributed by atoms with van der Waals surface area (Å²) in [7, 11) is 0. The smallest absolute Gasteiger partial charge is 0.277 e. The fraction of sp³-hybridized carbons (Fsp3) is 0.0714. The van der Waals surface area contributed by atoms with Gasteiger partial charge in [0.05, 0.1) is 0 Å². The molecule has 0 aromatic heterocycles. The predicted molar refractivity (Wildman–Crippen MR) is 80.3 cm³/mol. The SMILES string of the molecule is O=C(N(c1ccccc1)c1ccccc1)C(Cl)(Cl)Cl. The topological polar surface area (TPSA) is 20.3 Å². The fourth-order valence-electron chi connectivity index (χ4n) is 1.66. The monoisotopic (exact) mass is 313 g/mol. The van der Waals surface area contributed by atoms with Gasteiger partial charge >= 0.3 is 0 Å². The third-order valence-electron chi connectivity index (χ3n) is 2.47. The lowest BCUT2D eigenvalue weighted by Crippen LogP contribution is -2.36. The zero-order valence-corrected chi connectivity index (χ0v) is 12.0. The largest absolute Gasteiger partial charge is 0.283 e. The van der Waals surface area contributed by atoms with Crippen LogP contribution in [0.5, 0.6) is 0 Å². The van der Waals surface area contributed by atoms with Crippen LogP contribution in [0.3, 0.4) is 0 Å². The third-order valence-corrected chi connectivity index (χ3v) is 2.96. The van der Waals surface area contributed by atoms with Crippen molar-refractivity contribution in [3.05, 3.63) is 60.7 Å². The van der Waals surface area contributed by atoms with Crippen molar-refractivity contribution in [2.45, 2.75) is 3.79 Å². The second-order valence-corrected chi connectivity index (χ2v) is 6.09. The summed E-state index contributed by atoms with van der Waals surface area (Å²) in [6.07, 6.45) is 0. The molecule has 0 saturated heterocycles. The first kappa shape index (κ1) is 14.2. The summed E-state index contributed by atoms with van der Waals surface area (Å²) in [4.78, 5) is 13.7. The first-order chi connectivity index (χ1) is 9.00. The highest BCUT2D eigenvalue weighted by Gasteiger charge is 2.36. The van der Waals surface area contributed by atoms with E-state index in [4.69, 9.17) is 34.8 Å². The van der Waals surface area contributed by atoms with Crippen LogP contribution in [0.1, 0.15) is 0 Å². The number of rotatable bonds is 2. The van der Waals surface area contributed by atoms with Crippen molar-refractivity contribution in [2.75, 3.05) is 4.90 Å². The van der Waals surface area contributed by atoms with Gasteiger partial charge in [-0.2, -0.15) is 0 Å². The van der Waals surface area contributed by atoms with Crippen molar-refractivity contribution in [3.8, 4) is 0 Å². The van der Waals surface area contributed by atoms with E-state index in [1.807, 2.05) is 36.4 Å². The molecule has 0 radical (unpaired) electrons. The average molecular weight is 315 g/mol. The molecule has 2 nitrogen and oxygen atoms in total. The minimum Gasteiger partial charge on any atom is -0.277 e. The van der Waals surface area contributed by atoms with Gasteiger partial charge in [0.1, 0.15) is 0 Å². The van der Waals surface area contributed by atoms with Crippen LogP contribution in [0.15, 0.2) is 60.7 Å². The Bertz CT molecular complexity index is 512. The molecule has 0 fully saturated rings. The van der Waals surface area contributed by atoms with Gasteiger partial charge in [-0.1, -0.05) is 71.2 Å². The van der Waals surface area contributed by atoms with Crippen molar-refractivity contribution in [3.63, 3.8) is 0 Å². The molecule has 0 aliphatic heterocycles. The Hall–Kier alpha value is -1.22. The van der Waals surface area contributed by atoms with Gasteiger partial charge in [-0.05, 0) is 24.3 Å². The minimum absolute atomic E-state index is 0.616. The lowest BCUT2D eigenvalue weighted by atomic mass is 10.2. The van der Waals surface area contributed by atoms with Crippen LogP contribution in [0.2, 0.25) is 0 Å². The molecule has 2 rings (SSSR count). The summed E-state index contributed by atoms with van der Waals surface area (Å²) in [5.41, 5.74) is 1.29. The van der Waals surface area contributed by atoms with E-state index < -0.39 is 9.70 Å². The maximum Gasteiger partial charge on any atom is 0.283 e. The first-order valence-electron chi connectivity index (χ1n) is 5.51. The highest BCUT2D eigenvalue weighted by atomic mass is 35.6. The molecule has 0 bridgehead atoms. The van der Waals surface area contributed by atoms with E-state index in [1.165, 1.54) is 4.90 Å². The number of carbonyl (C=O) groups excluding carboxylic acids is 1. The Morgan fingerprint density at radius 3 is 1.47 bits per heavy atom. The Labute approximate surface area is 126 Å². The van der Waals surface area contributed by atoms with Crippen molar-refractivity contribution in [2.24, 2.45) is 0 Å². The Kier molecular flexibility index (Phi) is 4.35. The number of amides is 1. The van der Waals surface area contributed by atoms with Gasteiger partial charge in [-0.25, -0.2) is 0 Å². The Balaban J connectivity index is 2.49. The van der Waals surface area contributed by atoms with Gasteiger partial charge in [-0.3, -0.25) is 9.69 Å². The number of nitrogens with zero attached hydrogens (tertiary/aromatic N) is 1. The van der Waals surface area contributed by atoms with Crippen LogP contribution in [0.4, 0.5) is 11.4 Å². The van der Waals surface area contributed by atoms with E-state index >= 15 is 0 Å². The van der Waals surface area contributed by atoms with Gasteiger partial charge in [0.2, 0.25) is 0 Å². The number of alkyl halides is 3. The van der Waals surface area contributed by atoms with Crippen LogP contribution in [-0.2, 0) is 4.79 Å². The van der Waals surface area contributed by atoms with Gasteiger partial charge in [0, 0.05) is 11.4 Å². The van der Waals surface area contributed by atoms with E-state index in [2.05, 4.69) is 0 Å². The summed E-state index contributed by atoms with van der Waals surface area (Å²) in [5.74, 6) is -0.616. The molecule has 0 N–H and O–H groups in total. The highest BCUT2D eigenvalue weighted by Crippen LogP contribution is 2.35. The Morgan fingerprint density at radius 1 is 0.789 bits per heavy atom. The second-order valence-electron chi connectivity index (χ2n) is 3.81. The molecule has 19 heavy (non-hydrogen) atoms. The number of para-hydroxylation sites is 2. The van der Waals surface area contributed by atoms with Gasteiger partial charge < -0.3 is 0 Å². The number of halogens is 3. The molecule has 0 atom stereocenters. The van der Waals surface area contributed by atoms with Crippen molar-refractivity contribution in [1.29, 1.82) is 0 Å². The fourth-order valence-corrected chi connectivity index (χ4v) is 1.92. The van der Waals surface area contributed by atoms with Gasteiger partial charge in [0.15, 0.2) is 0 Å². The van der Waals surface area contributed by atoms with E-state index in [0.29, 0.717) is 11.4 Å². The Morgan fingerprint density at radius 2 is 1.16 bits per heavy atom. The van der Waals surface area contributed by atoms with Crippen LogP contribution < -0.4 is 4.90 Å². The summed E-state index contributed by atoms with van der Waals surface area (Å²) in [6.45, 7) is 0. The minimum atomic E-state index is -2.01. The molecule has 0 spiro atoms. The van der Waals surface area contributed by atoms with Crippen LogP contribution in [-0.4, -0.2) is 9.70 Å². The zero-order chi connectivity index (χ0) is 13.9. The standard InChI is InChI=1S/C14H10Cl3NO/c15-14(16,17)13(19)18(11-7-3-1-4-8-11)12-9-5-2-6-10-12/h1-10H. The number of hydrogen-bond donors (Lipinski definition) is 0. The zero-order valence-electron chi connectivity index (χ0n) is 9.76. The number of anilines is 2. The summed E-state index contributed by atoms with van der Waals surface area (Å²) in [5, 5.41) is 0. The first-order valence-corrected chi connectivity index (χ1v) is 6.65. The number of hydrogen-bond acceptors (Lipinski definition) is 1. The van der Waals surface area contributed by atoms with E-state index in [1.54, 1.807) is 24.3 Å². The number of benzene rings is 2. The maximum atomic E-state index is 12.3. The number of carbonyl (C=O) groups is 1. The van der Waals surface area contributed by atoms with Crippen LogP contribution in [0, 0.1) is 0 Å². The van der Waals surface area contributed by atoms with Crippen LogP contribution in [0.25, 0.3) is 0 Å². The van der Waals surface area contributed by atoms with Gasteiger partial charge in [0.25, 0.3) is 9.70 Å². The maximum absolute atomic E-state index is 12.3. The molecule has 5 heteroatoms. The molecule has 0 aliphatic carbocycles. The van der Waals surface area contributed by atoms with Gasteiger partial charge in [-0.15, -0.1) is 0 Å². The molecule has 0 aliphatic rings. The quantitative estimate of drug-likeness (QED) is 0.734. The molecule has 2 aromatic carbocycles. The second kappa shape index (κ2) is 5.83.